The minimum atomic E-state index is -0.417. The molecular weight excluding hydrogens is 256 g/mol. The summed E-state index contributed by atoms with van der Waals surface area (Å²) in [4.78, 5) is 20.5. The molecule has 0 aliphatic rings. The second-order valence-corrected chi connectivity index (χ2v) is 5.23. The van der Waals surface area contributed by atoms with E-state index in [1.807, 2.05) is 17.7 Å². The van der Waals surface area contributed by atoms with Crippen LogP contribution in [0, 0.1) is 5.92 Å². The number of ether oxygens (including phenoxy) is 1. The second-order valence-electron chi connectivity index (χ2n) is 5.23. The number of hydrogen-bond donors (Lipinski definition) is 1. The molecule has 0 aliphatic carbocycles. The third-order valence-electron chi connectivity index (χ3n) is 3.15. The Morgan fingerprint density at radius 2 is 2.20 bits per heavy atom. The molecule has 0 saturated heterocycles. The summed E-state index contributed by atoms with van der Waals surface area (Å²) in [6.45, 7) is 4.12. The highest BCUT2D eigenvalue weighted by atomic mass is 16.5. The van der Waals surface area contributed by atoms with Gasteiger partial charge in [-0.2, -0.15) is 0 Å². The molecule has 0 bridgehead atoms. The van der Waals surface area contributed by atoms with Gasteiger partial charge in [0.2, 0.25) is 0 Å². The first-order valence-electron chi connectivity index (χ1n) is 6.63. The van der Waals surface area contributed by atoms with Crippen LogP contribution in [0.2, 0.25) is 0 Å². The number of carbonyl (C=O) groups is 1. The summed E-state index contributed by atoms with van der Waals surface area (Å²) in [6, 6.07) is 1.48. The van der Waals surface area contributed by atoms with Crippen LogP contribution in [0.25, 0.3) is 11.0 Å². The summed E-state index contributed by atoms with van der Waals surface area (Å²) in [5.74, 6) is 0.696. The zero-order valence-electron chi connectivity index (χ0n) is 12.3. The van der Waals surface area contributed by atoms with Gasteiger partial charge in [0, 0.05) is 13.2 Å². The maximum atomic E-state index is 11.9. The Kier molecular flexibility index (Phi) is 4.22. The van der Waals surface area contributed by atoms with Crippen LogP contribution in [0.3, 0.4) is 0 Å². The van der Waals surface area contributed by atoms with Gasteiger partial charge in [0.25, 0.3) is 0 Å². The Bertz CT molecular complexity index is 606. The van der Waals surface area contributed by atoms with Crippen molar-refractivity contribution in [2.75, 3.05) is 12.4 Å². The lowest BCUT2D eigenvalue weighted by molar-refractivity contribution is -0.141. The number of esters is 1. The molecule has 2 aromatic heterocycles. The zero-order chi connectivity index (χ0) is 14.7. The lowest BCUT2D eigenvalue weighted by Crippen LogP contribution is -2.32. The van der Waals surface area contributed by atoms with Crippen molar-refractivity contribution in [1.82, 2.24) is 14.5 Å². The van der Waals surface area contributed by atoms with Crippen LogP contribution in [0.1, 0.15) is 20.3 Å². The minimum Gasteiger partial charge on any atom is -0.467 e. The molecule has 108 valence electrons. The van der Waals surface area contributed by atoms with E-state index in [0.717, 1.165) is 11.0 Å². The van der Waals surface area contributed by atoms with E-state index in [0.29, 0.717) is 18.2 Å². The number of aryl methyl sites for hydroxylation is 1. The summed E-state index contributed by atoms with van der Waals surface area (Å²) < 4.78 is 6.76. The molecule has 0 aliphatic heterocycles. The molecule has 2 heterocycles. The third kappa shape index (κ3) is 2.89. The first kappa shape index (κ1) is 14.3. The second kappa shape index (κ2) is 5.90. The fraction of sp³-hybridized carbons (Fsp3) is 0.500. The lowest BCUT2D eigenvalue weighted by atomic mass is 10.0. The van der Waals surface area contributed by atoms with Crippen LogP contribution in [0.4, 0.5) is 5.82 Å². The van der Waals surface area contributed by atoms with E-state index in [9.17, 15) is 4.79 Å². The number of aromatic nitrogens is 3. The SMILES string of the molecule is COC(=O)C(CC(C)C)Nc1nccc2c1ncn2C. The molecule has 0 saturated carbocycles. The van der Waals surface area contributed by atoms with Gasteiger partial charge in [-0.25, -0.2) is 14.8 Å². The Hall–Kier alpha value is -2.11. The van der Waals surface area contributed by atoms with Crippen LogP contribution in [0.15, 0.2) is 18.6 Å². The number of pyridine rings is 1. The normalized spacial score (nSPS) is 12.7. The molecule has 0 radical (unpaired) electrons. The molecule has 0 amide bonds. The Morgan fingerprint density at radius 1 is 1.45 bits per heavy atom. The predicted octanol–water partition coefficient (Wildman–Crippen LogP) is 1.97. The van der Waals surface area contributed by atoms with E-state index in [-0.39, 0.29) is 5.97 Å². The zero-order valence-corrected chi connectivity index (χ0v) is 12.3. The van der Waals surface area contributed by atoms with Crippen molar-refractivity contribution in [1.29, 1.82) is 0 Å². The quantitative estimate of drug-likeness (QED) is 0.845. The maximum Gasteiger partial charge on any atom is 0.328 e. The molecule has 0 spiro atoms. The third-order valence-corrected chi connectivity index (χ3v) is 3.15. The minimum absolute atomic E-state index is 0.284. The monoisotopic (exact) mass is 276 g/mol. The van der Waals surface area contributed by atoms with E-state index >= 15 is 0 Å². The van der Waals surface area contributed by atoms with E-state index in [2.05, 4.69) is 29.1 Å². The van der Waals surface area contributed by atoms with Crippen LogP contribution < -0.4 is 5.32 Å². The summed E-state index contributed by atoms with van der Waals surface area (Å²) in [5, 5.41) is 3.16. The van der Waals surface area contributed by atoms with Crippen molar-refractivity contribution < 1.29 is 9.53 Å². The number of nitrogens with one attached hydrogen (secondary N) is 1. The molecule has 2 aromatic rings. The fourth-order valence-corrected chi connectivity index (χ4v) is 2.16. The maximum absolute atomic E-state index is 11.9. The van der Waals surface area contributed by atoms with Crippen LogP contribution in [-0.2, 0) is 16.6 Å². The molecule has 1 unspecified atom stereocenters. The van der Waals surface area contributed by atoms with Crippen LogP contribution >= 0.6 is 0 Å². The van der Waals surface area contributed by atoms with Crippen LogP contribution in [0.5, 0.6) is 0 Å². The smallest absolute Gasteiger partial charge is 0.328 e. The topological polar surface area (TPSA) is 69.0 Å². The average Bonchev–Trinajstić information content (AvgIpc) is 2.79. The number of nitrogens with zero attached hydrogens (tertiary/aromatic N) is 3. The van der Waals surface area contributed by atoms with Crippen molar-refractivity contribution in [2.45, 2.75) is 26.3 Å². The summed E-state index contributed by atoms with van der Waals surface area (Å²) >= 11 is 0. The average molecular weight is 276 g/mol. The highest BCUT2D eigenvalue weighted by molar-refractivity contribution is 5.88. The molecule has 20 heavy (non-hydrogen) atoms. The highest BCUT2D eigenvalue weighted by Gasteiger charge is 2.22. The van der Waals surface area contributed by atoms with Crippen molar-refractivity contribution >= 4 is 22.8 Å². The van der Waals surface area contributed by atoms with Gasteiger partial charge in [-0.3, -0.25) is 0 Å². The van der Waals surface area contributed by atoms with Crippen molar-refractivity contribution in [3.8, 4) is 0 Å². The van der Waals surface area contributed by atoms with Crippen molar-refractivity contribution in [2.24, 2.45) is 13.0 Å². The van der Waals surface area contributed by atoms with Crippen molar-refractivity contribution in [3.63, 3.8) is 0 Å². The van der Waals surface area contributed by atoms with Crippen LogP contribution in [-0.4, -0.2) is 33.7 Å². The summed E-state index contributed by atoms with van der Waals surface area (Å²) in [6.07, 6.45) is 4.11. The number of anilines is 1. The Morgan fingerprint density at radius 3 is 2.85 bits per heavy atom. The Labute approximate surface area is 118 Å². The van der Waals surface area contributed by atoms with Gasteiger partial charge in [-0.05, 0) is 18.4 Å². The first-order valence-corrected chi connectivity index (χ1v) is 6.63. The summed E-state index contributed by atoms with van der Waals surface area (Å²) in [7, 11) is 3.32. The molecule has 1 atom stereocenters. The van der Waals surface area contributed by atoms with E-state index in [4.69, 9.17) is 4.74 Å². The number of hydrogen-bond acceptors (Lipinski definition) is 5. The van der Waals surface area contributed by atoms with Gasteiger partial charge < -0.3 is 14.6 Å². The molecular formula is C14H20N4O2. The highest BCUT2D eigenvalue weighted by Crippen LogP contribution is 2.21. The van der Waals surface area contributed by atoms with Gasteiger partial charge in [0.15, 0.2) is 5.82 Å². The largest absolute Gasteiger partial charge is 0.467 e. The number of imidazole rings is 1. The lowest BCUT2D eigenvalue weighted by Gasteiger charge is -2.18. The number of rotatable bonds is 5. The standard InChI is InChI=1S/C14H20N4O2/c1-9(2)7-10(14(19)20-4)17-13-12-11(5-6-15-13)18(3)8-16-12/h5-6,8-10H,7H2,1-4H3,(H,15,17). The Balaban J connectivity index is 2.30. The number of fused-ring (bicyclic) bond motifs is 1. The predicted molar refractivity (Wildman–Crippen MR) is 77.4 cm³/mol. The van der Waals surface area contributed by atoms with Gasteiger partial charge >= 0.3 is 5.97 Å². The van der Waals surface area contributed by atoms with Gasteiger partial charge in [-0.15, -0.1) is 0 Å². The van der Waals surface area contributed by atoms with E-state index in [1.165, 1.54) is 7.11 Å². The molecule has 6 heteroatoms. The summed E-state index contributed by atoms with van der Waals surface area (Å²) in [5.41, 5.74) is 1.73. The van der Waals surface area contributed by atoms with Gasteiger partial charge in [-0.1, -0.05) is 13.8 Å². The molecule has 6 nitrogen and oxygen atoms in total. The van der Waals surface area contributed by atoms with Crippen molar-refractivity contribution in [3.05, 3.63) is 18.6 Å². The van der Waals surface area contributed by atoms with E-state index < -0.39 is 6.04 Å². The molecule has 0 fully saturated rings. The molecule has 2 rings (SSSR count). The first-order chi connectivity index (χ1) is 9.52. The molecule has 0 aromatic carbocycles. The van der Waals surface area contributed by atoms with Gasteiger partial charge in [0.05, 0.1) is 19.0 Å². The number of methoxy groups -OCH3 is 1. The fourth-order valence-electron chi connectivity index (χ4n) is 2.16. The molecule has 1 N–H and O–H groups in total. The van der Waals surface area contributed by atoms with Gasteiger partial charge in [0.1, 0.15) is 11.6 Å². The van der Waals surface area contributed by atoms with E-state index in [1.54, 1.807) is 12.5 Å². The number of carbonyl (C=O) groups excluding carboxylic acids is 1.